The Balaban J connectivity index is 1.64. The number of aryl methyl sites for hydroxylation is 1. The van der Waals surface area contributed by atoms with Crippen LogP contribution < -0.4 is 5.32 Å². The van der Waals surface area contributed by atoms with Crippen molar-refractivity contribution in [3.05, 3.63) is 35.3 Å². The maximum atomic E-state index is 11.7. The van der Waals surface area contributed by atoms with Gasteiger partial charge in [-0.3, -0.25) is 4.79 Å². The average Bonchev–Trinajstić information content (AvgIpc) is 2.81. The Morgan fingerprint density at radius 1 is 1.32 bits per heavy atom. The van der Waals surface area contributed by atoms with E-state index in [1.54, 1.807) is 11.8 Å². The first kappa shape index (κ1) is 14.0. The van der Waals surface area contributed by atoms with Crippen molar-refractivity contribution >= 4 is 34.1 Å². The first-order chi connectivity index (χ1) is 9.24. The maximum Gasteiger partial charge on any atom is 0.226 e. The molecule has 0 unspecified atom stereocenters. The highest BCUT2D eigenvalue weighted by molar-refractivity contribution is 7.99. The predicted octanol–water partition coefficient (Wildman–Crippen LogP) is 3.36. The summed E-state index contributed by atoms with van der Waals surface area (Å²) in [7, 11) is 0. The lowest BCUT2D eigenvalue weighted by molar-refractivity contribution is -0.116. The molecule has 6 heteroatoms. The number of thioether (sulfide) groups is 1. The number of nitrogens with zero attached hydrogens (tertiary/aromatic N) is 2. The highest BCUT2D eigenvalue weighted by Gasteiger charge is 2.06. The lowest BCUT2D eigenvalue weighted by Crippen LogP contribution is -2.11. The summed E-state index contributed by atoms with van der Waals surface area (Å²) < 4.78 is 0. The molecule has 0 spiro atoms. The minimum Gasteiger partial charge on any atom is -0.301 e. The summed E-state index contributed by atoms with van der Waals surface area (Å²) in [5.41, 5.74) is 0. The maximum absolute atomic E-state index is 11.7. The van der Waals surface area contributed by atoms with Gasteiger partial charge in [-0.2, -0.15) is 0 Å². The van der Waals surface area contributed by atoms with Gasteiger partial charge in [0.2, 0.25) is 11.0 Å². The molecule has 0 bridgehead atoms. The molecule has 4 nitrogen and oxygen atoms in total. The van der Waals surface area contributed by atoms with Gasteiger partial charge in [-0.15, -0.1) is 22.0 Å². The van der Waals surface area contributed by atoms with E-state index < -0.39 is 0 Å². The Kier molecular flexibility index (Phi) is 5.35. The average molecular weight is 293 g/mol. The van der Waals surface area contributed by atoms with Gasteiger partial charge in [-0.05, 0) is 31.2 Å². The molecule has 0 fully saturated rings. The number of aromatic nitrogens is 2. The molecule has 0 atom stereocenters. The summed E-state index contributed by atoms with van der Waals surface area (Å²) in [6.07, 6.45) is 1.36. The number of carbonyl (C=O) groups is 1. The summed E-state index contributed by atoms with van der Waals surface area (Å²) in [6, 6.07) is 10.2. The van der Waals surface area contributed by atoms with Crippen LogP contribution in [0, 0.1) is 6.92 Å². The van der Waals surface area contributed by atoms with E-state index in [4.69, 9.17) is 0 Å². The fraction of sp³-hybridized carbons (Fsp3) is 0.308. The number of anilines is 1. The van der Waals surface area contributed by atoms with Crippen LogP contribution in [0.5, 0.6) is 0 Å². The monoisotopic (exact) mass is 293 g/mol. The van der Waals surface area contributed by atoms with E-state index in [2.05, 4.69) is 27.6 Å². The van der Waals surface area contributed by atoms with Gasteiger partial charge in [0.25, 0.3) is 0 Å². The third-order valence-corrected chi connectivity index (χ3v) is 4.18. The molecule has 2 rings (SSSR count). The van der Waals surface area contributed by atoms with Crippen molar-refractivity contribution in [2.24, 2.45) is 0 Å². The number of carbonyl (C=O) groups excluding carboxylic acids is 1. The molecule has 2 aromatic rings. The summed E-state index contributed by atoms with van der Waals surface area (Å²) in [5.74, 6) is 0.942. The van der Waals surface area contributed by atoms with Crippen LogP contribution in [0.25, 0.3) is 0 Å². The number of amides is 1. The number of nitrogens with one attached hydrogen (secondary N) is 1. The van der Waals surface area contributed by atoms with Crippen molar-refractivity contribution in [3.63, 3.8) is 0 Å². The fourth-order valence-corrected chi connectivity index (χ4v) is 2.95. The molecule has 0 saturated carbocycles. The van der Waals surface area contributed by atoms with E-state index in [1.807, 2.05) is 25.1 Å². The Hall–Kier alpha value is -1.40. The molecule has 0 aliphatic heterocycles. The largest absolute Gasteiger partial charge is 0.301 e. The molecular weight excluding hydrogens is 278 g/mol. The van der Waals surface area contributed by atoms with Crippen LogP contribution in [0.2, 0.25) is 0 Å². The molecule has 1 amide bonds. The fourth-order valence-electron chi connectivity index (χ4n) is 1.47. The van der Waals surface area contributed by atoms with Crippen molar-refractivity contribution in [1.29, 1.82) is 0 Å². The van der Waals surface area contributed by atoms with Crippen molar-refractivity contribution < 1.29 is 4.79 Å². The zero-order chi connectivity index (χ0) is 13.5. The van der Waals surface area contributed by atoms with Gasteiger partial charge < -0.3 is 5.32 Å². The van der Waals surface area contributed by atoms with Gasteiger partial charge in [0.1, 0.15) is 5.01 Å². The summed E-state index contributed by atoms with van der Waals surface area (Å²) in [4.78, 5) is 12.9. The van der Waals surface area contributed by atoms with Gasteiger partial charge >= 0.3 is 0 Å². The molecule has 0 saturated heterocycles. The Labute approximate surface area is 120 Å². The topological polar surface area (TPSA) is 54.9 Å². The van der Waals surface area contributed by atoms with Crippen LogP contribution in [-0.4, -0.2) is 21.9 Å². The molecule has 0 radical (unpaired) electrons. The number of benzene rings is 1. The van der Waals surface area contributed by atoms with Crippen molar-refractivity contribution in [3.8, 4) is 0 Å². The van der Waals surface area contributed by atoms with Crippen molar-refractivity contribution in [2.45, 2.75) is 24.7 Å². The summed E-state index contributed by atoms with van der Waals surface area (Å²) >= 11 is 3.16. The van der Waals surface area contributed by atoms with Crippen LogP contribution in [0.4, 0.5) is 5.13 Å². The van der Waals surface area contributed by atoms with Gasteiger partial charge in [0, 0.05) is 11.3 Å². The lowest BCUT2D eigenvalue weighted by Gasteiger charge is -2.02. The van der Waals surface area contributed by atoms with Crippen LogP contribution in [-0.2, 0) is 4.79 Å². The third kappa shape index (κ3) is 5.00. The van der Waals surface area contributed by atoms with Crippen molar-refractivity contribution in [2.75, 3.05) is 11.1 Å². The minimum atomic E-state index is 0.00446. The molecular formula is C13H15N3OS2. The second kappa shape index (κ2) is 7.25. The lowest BCUT2D eigenvalue weighted by atomic mass is 10.3. The Morgan fingerprint density at radius 3 is 2.79 bits per heavy atom. The first-order valence-corrected chi connectivity index (χ1v) is 7.82. The van der Waals surface area contributed by atoms with E-state index in [9.17, 15) is 4.79 Å². The smallest absolute Gasteiger partial charge is 0.226 e. The van der Waals surface area contributed by atoms with E-state index >= 15 is 0 Å². The normalized spacial score (nSPS) is 10.4. The molecule has 1 heterocycles. The molecule has 100 valence electrons. The van der Waals surface area contributed by atoms with Gasteiger partial charge in [0.15, 0.2) is 0 Å². The predicted molar refractivity (Wildman–Crippen MR) is 79.7 cm³/mol. The van der Waals surface area contributed by atoms with Crippen LogP contribution >= 0.6 is 23.1 Å². The molecule has 1 aromatic carbocycles. The Morgan fingerprint density at radius 2 is 2.11 bits per heavy atom. The Bertz CT molecular complexity index is 528. The standard InChI is InChI=1S/C13H15N3OS2/c1-10-15-16-13(19-10)14-12(17)8-5-9-18-11-6-3-2-4-7-11/h2-4,6-7H,5,8-9H2,1H3,(H,14,16,17). The van der Waals surface area contributed by atoms with E-state index in [-0.39, 0.29) is 5.91 Å². The van der Waals surface area contributed by atoms with E-state index in [0.717, 1.165) is 17.2 Å². The molecule has 0 aliphatic rings. The SMILES string of the molecule is Cc1nnc(NC(=O)CCCSc2ccccc2)s1. The van der Waals surface area contributed by atoms with Crippen molar-refractivity contribution in [1.82, 2.24) is 10.2 Å². The molecule has 0 aliphatic carbocycles. The van der Waals surface area contributed by atoms with Gasteiger partial charge in [0.05, 0.1) is 0 Å². The second-order valence-corrected chi connectivity index (χ2v) is 6.29. The van der Waals surface area contributed by atoms with Crippen LogP contribution in [0.15, 0.2) is 35.2 Å². The summed E-state index contributed by atoms with van der Waals surface area (Å²) in [5, 5.41) is 11.9. The van der Waals surface area contributed by atoms with E-state index in [1.165, 1.54) is 16.2 Å². The number of hydrogen-bond acceptors (Lipinski definition) is 5. The number of rotatable bonds is 6. The molecule has 1 aromatic heterocycles. The quantitative estimate of drug-likeness (QED) is 0.655. The van der Waals surface area contributed by atoms with E-state index in [0.29, 0.717) is 11.6 Å². The second-order valence-electron chi connectivity index (χ2n) is 3.94. The zero-order valence-corrected chi connectivity index (χ0v) is 12.3. The zero-order valence-electron chi connectivity index (χ0n) is 10.6. The highest BCUT2D eigenvalue weighted by Crippen LogP contribution is 2.19. The first-order valence-electron chi connectivity index (χ1n) is 6.02. The third-order valence-electron chi connectivity index (χ3n) is 2.33. The molecule has 19 heavy (non-hydrogen) atoms. The molecule has 1 N–H and O–H groups in total. The summed E-state index contributed by atoms with van der Waals surface area (Å²) in [6.45, 7) is 1.86. The van der Waals surface area contributed by atoms with Gasteiger partial charge in [-0.1, -0.05) is 29.5 Å². The van der Waals surface area contributed by atoms with Crippen LogP contribution in [0.3, 0.4) is 0 Å². The van der Waals surface area contributed by atoms with Gasteiger partial charge in [-0.25, -0.2) is 0 Å². The van der Waals surface area contributed by atoms with Crippen LogP contribution in [0.1, 0.15) is 17.8 Å². The highest BCUT2D eigenvalue weighted by atomic mass is 32.2. The number of hydrogen-bond donors (Lipinski definition) is 1. The minimum absolute atomic E-state index is 0.00446.